The van der Waals surface area contributed by atoms with Gasteiger partial charge in [-0.1, -0.05) is 0 Å². The van der Waals surface area contributed by atoms with E-state index in [4.69, 9.17) is 10.6 Å². The quantitative estimate of drug-likeness (QED) is 0.366. The first-order valence-corrected chi connectivity index (χ1v) is 6.38. The smallest absolute Gasteiger partial charge is 0.239 e. The highest BCUT2D eigenvalue weighted by Crippen LogP contribution is 2.19. The predicted molar refractivity (Wildman–Crippen MR) is 75.4 cm³/mol. The molecule has 0 atom stereocenters. The van der Waals surface area contributed by atoms with Crippen LogP contribution in [-0.2, 0) is 4.74 Å². The third-order valence-corrected chi connectivity index (χ3v) is 2.68. The maximum Gasteiger partial charge on any atom is 0.239 e. The first kappa shape index (κ1) is 15.1. The zero-order valence-electron chi connectivity index (χ0n) is 10.6. The Balaban J connectivity index is 2.26. The lowest BCUT2D eigenvalue weighted by Crippen LogP contribution is -2.20. The molecule has 0 amide bonds. The summed E-state index contributed by atoms with van der Waals surface area (Å²) in [6, 6.07) is 0. The molecule has 0 aliphatic carbocycles. The molecule has 1 heterocycles. The van der Waals surface area contributed by atoms with Crippen molar-refractivity contribution >= 4 is 27.7 Å². The van der Waals surface area contributed by atoms with Crippen molar-refractivity contribution in [2.75, 3.05) is 51.1 Å². The lowest BCUT2D eigenvalue weighted by molar-refractivity contribution is 0.126. The summed E-state index contributed by atoms with van der Waals surface area (Å²) in [4.78, 5) is 10.2. The molecule has 1 aromatic rings. The summed E-state index contributed by atoms with van der Waals surface area (Å²) in [6.45, 7) is 2.93. The highest BCUT2D eigenvalue weighted by atomic mass is 79.9. The average molecular weight is 319 g/mol. The molecule has 0 bridgehead atoms. The van der Waals surface area contributed by atoms with Gasteiger partial charge in [0.15, 0.2) is 0 Å². The molecule has 0 aliphatic rings. The zero-order valence-corrected chi connectivity index (χ0v) is 12.2. The van der Waals surface area contributed by atoms with Gasteiger partial charge in [0, 0.05) is 19.3 Å². The zero-order chi connectivity index (χ0) is 13.4. The van der Waals surface area contributed by atoms with E-state index in [-0.39, 0.29) is 0 Å². The first-order valence-electron chi connectivity index (χ1n) is 5.59. The van der Waals surface area contributed by atoms with Crippen molar-refractivity contribution in [2.24, 2.45) is 5.84 Å². The number of nitrogen functional groups attached to an aromatic ring is 1. The molecule has 0 spiro atoms. The van der Waals surface area contributed by atoms with Gasteiger partial charge in [0.1, 0.15) is 5.82 Å². The molecule has 0 saturated carbocycles. The predicted octanol–water partition coefficient (Wildman–Crippen LogP) is 0.515. The maximum atomic E-state index is 5.46. The highest BCUT2D eigenvalue weighted by molar-refractivity contribution is 9.10. The normalized spacial score (nSPS) is 10.7. The van der Waals surface area contributed by atoms with Crippen molar-refractivity contribution in [2.45, 2.75) is 0 Å². The Labute approximate surface area is 115 Å². The van der Waals surface area contributed by atoms with Crippen LogP contribution >= 0.6 is 15.9 Å². The van der Waals surface area contributed by atoms with Gasteiger partial charge in [-0.2, -0.15) is 4.98 Å². The van der Waals surface area contributed by atoms with Crippen LogP contribution in [0.2, 0.25) is 0 Å². The Kier molecular flexibility index (Phi) is 6.88. The second-order valence-corrected chi connectivity index (χ2v) is 4.73. The number of hydrogen-bond acceptors (Lipinski definition) is 7. The molecule has 8 heteroatoms. The van der Waals surface area contributed by atoms with Crippen molar-refractivity contribution < 1.29 is 4.74 Å². The SMILES string of the molecule is CN(C)CCOCCNc1nc(NN)ncc1Br. The molecule has 4 N–H and O–H groups in total. The fourth-order valence-electron chi connectivity index (χ4n) is 1.15. The lowest BCUT2D eigenvalue weighted by atomic mass is 10.5. The number of nitrogens with two attached hydrogens (primary N) is 1. The Morgan fingerprint density at radius 3 is 2.89 bits per heavy atom. The molecule has 1 aromatic heterocycles. The minimum absolute atomic E-state index is 0.370. The van der Waals surface area contributed by atoms with Crippen LogP contribution in [0, 0.1) is 0 Å². The van der Waals surface area contributed by atoms with E-state index in [1.54, 1.807) is 6.20 Å². The van der Waals surface area contributed by atoms with Crippen LogP contribution in [0.15, 0.2) is 10.7 Å². The number of hydrogen-bond donors (Lipinski definition) is 3. The van der Waals surface area contributed by atoms with Gasteiger partial charge in [-0.25, -0.2) is 10.8 Å². The lowest BCUT2D eigenvalue weighted by Gasteiger charge is -2.11. The van der Waals surface area contributed by atoms with Gasteiger partial charge in [-0.15, -0.1) is 0 Å². The summed E-state index contributed by atoms with van der Waals surface area (Å²) in [5, 5.41) is 3.14. The second kappa shape index (κ2) is 8.20. The molecule has 18 heavy (non-hydrogen) atoms. The van der Waals surface area contributed by atoms with Crippen LogP contribution in [0.4, 0.5) is 11.8 Å². The minimum atomic E-state index is 0.370. The molecule has 0 saturated heterocycles. The molecular formula is C10H19BrN6O. The van der Waals surface area contributed by atoms with E-state index >= 15 is 0 Å². The summed E-state index contributed by atoms with van der Waals surface area (Å²) in [7, 11) is 4.03. The van der Waals surface area contributed by atoms with Crippen LogP contribution in [0.25, 0.3) is 0 Å². The Morgan fingerprint density at radius 1 is 1.44 bits per heavy atom. The topological polar surface area (TPSA) is 88.3 Å². The number of likely N-dealkylation sites (N-methyl/N-ethyl adjacent to an activating group) is 1. The van der Waals surface area contributed by atoms with Crippen molar-refractivity contribution in [3.8, 4) is 0 Å². The molecule has 1 rings (SSSR count). The first-order chi connectivity index (χ1) is 8.63. The largest absolute Gasteiger partial charge is 0.378 e. The van der Waals surface area contributed by atoms with Crippen molar-refractivity contribution in [3.63, 3.8) is 0 Å². The van der Waals surface area contributed by atoms with Crippen LogP contribution in [0.1, 0.15) is 0 Å². The Morgan fingerprint density at radius 2 is 2.22 bits per heavy atom. The number of nitrogens with zero attached hydrogens (tertiary/aromatic N) is 3. The molecule has 0 aliphatic heterocycles. The number of aromatic nitrogens is 2. The summed E-state index contributed by atoms with van der Waals surface area (Å²) in [5.74, 6) is 6.30. The number of hydrazine groups is 1. The molecule has 7 nitrogen and oxygen atoms in total. The van der Waals surface area contributed by atoms with E-state index in [9.17, 15) is 0 Å². The van der Waals surface area contributed by atoms with E-state index < -0.39 is 0 Å². The highest BCUT2D eigenvalue weighted by Gasteiger charge is 2.03. The number of halogens is 1. The van der Waals surface area contributed by atoms with Gasteiger partial charge in [0.05, 0.1) is 17.7 Å². The summed E-state index contributed by atoms with van der Waals surface area (Å²) < 4.78 is 6.25. The van der Waals surface area contributed by atoms with Crippen molar-refractivity contribution in [1.29, 1.82) is 0 Å². The van der Waals surface area contributed by atoms with E-state index in [0.717, 1.165) is 17.6 Å². The number of nitrogens with one attached hydrogen (secondary N) is 2. The van der Waals surface area contributed by atoms with Gasteiger partial charge in [0.2, 0.25) is 5.95 Å². The van der Waals surface area contributed by atoms with Gasteiger partial charge in [0.25, 0.3) is 0 Å². The van der Waals surface area contributed by atoms with Crippen molar-refractivity contribution in [3.05, 3.63) is 10.7 Å². The van der Waals surface area contributed by atoms with Gasteiger partial charge >= 0.3 is 0 Å². The molecule has 0 radical (unpaired) electrons. The van der Waals surface area contributed by atoms with Crippen LogP contribution < -0.4 is 16.6 Å². The van der Waals surface area contributed by atoms with E-state index in [1.807, 2.05) is 14.1 Å². The standard InChI is InChI=1S/C10H19BrN6O/c1-17(2)4-6-18-5-3-13-9-8(11)7-14-10(15-9)16-12/h7H,3-6,12H2,1-2H3,(H2,13,14,15,16). The number of rotatable bonds is 8. The van der Waals surface area contributed by atoms with E-state index in [1.165, 1.54) is 0 Å². The fourth-order valence-corrected chi connectivity index (χ4v) is 1.48. The number of anilines is 2. The Hall–Kier alpha value is -0.960. The van der Waals surface area contributed by atoms with Crippen molar-refractivity contribution in [1.82, 2.24) is 14.9 Å². The fraction of sp³-hybridized carbons (Fsp3) is 0.600. The second-order valence-electron chi connectivity index (χ2n) is 3.88. The van der Waals surface area contributed by atoms with Crippen LogP contribution in [-0.4, -0.2) is 55.3 Å². The molecule has 0 unspecified atom stereocenters. The summed E-state index contributed by atoms with van der Waals surface area (Å²) >= 11 is 3.36. The van der Waals surface area contributed by atoms with Gasteiger partial charge < -0.3 is 15.0 Å². The minimum Gasteiger partial charge on any atom is -0.378 e. The monoisotopic (exact) mass is 318 g/mol. The van der Waals surface area contributed by atoms with E-state index in [2.05, 4.69) is 41.5 Å². The van der Waals surface area contributed by atoms with Gasteiger partial charge in [-0.05, 0) is 30.0 Å². The summed E-state index contributed by atoms with van der Waals surface area (Å²) in [5.41, 5.74) is 2.40. The van der Waals surface area contributed by atoms with Crippen LogP contribution in [0.3, 0.4) is 0 Å². The van der Waals surface area contributed by atoms with Crippen LogP contribution in [0.5, 0.6) is 0 Å². The molecule has 0 fully saturated rings. The summed E-state index contributed by atoms with van der Waals surface area (Å²) in [6.07, 6.45) is 1.64. The third-order valence-electron chi connectivity index (χ3n) is 2.09. The van der Waals surface area contributed by atoms with Gasteiger partial charge in [-0.3, -0.25) is 5.43 Å². The third kappa shape index (κ3) is 5.58. The average Bonchev–Trinajstić information content (AvgIpc) is 2.35. The number of ether oxygens (including phenoxy) is 1. The Bertz CT molecular complexity index is 362. The molecular weight excluding hydrogens is 300 g/mol. The van der Waals surface area contributed by atoms with E-state index in [0.29, 0.717) is 24.9 Å². The molecule has 0 aromatic carbocycles. The molecule has 102 valence electrons. The maximum absolute atomic E-state index is 5.46.